The molecule has 1 N–H and O–H groups in total. The van der Waals surface area contributed by atoms with Gasteiger partial charge < -0.3 is 10.2 Å². The molecular formula is C14H14F3N3O. The average Bonchev–Trinajstić information content (AvgIpc) is 2.84. The van der Waals surface area contributed by atoms with E-state index in [2.05, 4.69) is 5.32 Å². The van der Waals surface area contributed by atoms with Crippen LogP contribution < -0.4 is 10.2 Å². The van der Waals surface area contributed by atoms with Crippen molar-refractivity contribution in [2.24, 2.45) is 0 Å². The summed E-state index contributed by atoms with van der Waals surface area (Å²) in [4.78, 5) is 12.8. The SMILES string of the molecule is CC(=O)NC1CCN(c2ccc(C(F)(F)F)cc2C#N)C1. The molecule has 1 unspecified atom stereocenters. The topological polar surface area (TPSA) is 56.1 Å². The van der Waals surface area contributed by atoms with Gasteiger partial charge >= 0.3 is 6.18 Å². The Balaban J connectivity index is 2.22. The van der Waals surface area contributed by atoms with Crippen molar-refractivity contribution in [1.29, 1.82) is 5.26 Å². The van der Waals surface area contributed by atoms with Gasteiger partial charge in [-0.25, -0.2) is 0 Å². The number of carbonyl (C=O) groups excluding carboxylic acids is 1. The van der Waals surface area contributed by atoms with Crippen molar-refractivity contribution in [1.82, 2.24) is 5.32 Å². The molecule has 1 atom stereocenters. The summed E-state index contributed by atoms with van der Waals surface area (Å²) in [5.41, 5.74) is -0.368. The Morgan fingerprint density at radius 3 is 2.76 bits per heavy atom. The number of alkyl halides is 3. The van der Waals surface area contributed by atoms with Gasteiger partial charge in [0.05, 0.1) is 16.8 Å². The maximum absolute atomic E-state index is 12.6. The molecule has 1 saturated heterocycles. The van der Waals surface area contributed by atoms with Gasteiger partial charge in [-0.2, -0.15) is 18.4 Å². The molecule has 4 nitrogen and oxygen atoms in total. The van der Waals surface area contributed by atoms with Crippen LogP contribution in [0.4, 0.5) is 18.9 Å². The Hall–Kier alpha value is -2.23. The predicted octanol–water partition coefficient (Wildman–Crippen LogP) is 2.29. The van der Waals surface area contributed by atoms with Crippen LogP contribution in [0.2, 0.25) is 0 Å². The van der Waals surface area contributed by atoms with Crippen molar-refractivity contribution >= 4 is 11.6 Å². The number of nitrogens with zero attached hydrogens (tertiary/aromatic N) is 2. The van der Waals surface area contributed by atoms with Crippen LogP contribution in [0.15, 0.2) is 18.2 Å². The first-order valence-electron chi connectivity index (χ1n) is 6.44. The third-order valence-corrected chi connectivity index (χ3v) is 3.38. The van der Waals surface area contributed by atoms with E-state index in [1.54, 1.807) is 0 Å². The highest BCUT2D eigenvalue weighted by Crippen LogP contribution is 2.33. The van der Waals surface area contributed by atoms with E-state index in [4.69, 9.17) is 5.26 Å². The van der Waals surface area contributed by atoms with E-state index in [0.29, 0.717) is 25.2 Å². The lowest BCUT2D eigenvalue weighted by Gasteiger charge is -2.21. The molecule has 21 heavy (non-hydrogen) atoms. The molecule has 0 aromatic heterocycles. The molecule has 1 aromatic carbocycles. The summed E-state index contributed by atoms with van der Waals surface area (Å²) in [5, 5.41) is 11.8. The summed E-state index contributed by atoms with van der Waals surface area (Å²) < 4.78 is 37.9. The Labute approximate surface area is 120 Å². The number of nitrogens with one attached hydrogen (secondary N) is 1. The lowest BCUT2D eigenvalue weighted by molar-refractivity contribution is -0.137. The minimum atomic E-state index is -4.46. The molecule has 1 fully saturated rings. The van der Waals surface area contributed by atoms with E-state index >= 15 is 0 Å². The second-order valence-electron chi connectivity index (χ2n) is 4.97. The van der Waals surface area contributed by atoms with Crippen molar-refractivity contribution in [2.75, 3.05) is 18.0 Å². The van der Waals surface area contributed by atoms with Crippen molar-refractivity contribution < 1.29 is 18.0 Å². The highest BCUT2D eigenvalue weighted by Gasteiger charge is 2.32. The average molecular weight is 297 g/mol. The number of amides is 1. The summed E-state index contributed by atoms with van der Waals surface area (Å²) in [5.74, 6) is -0.144. The first-order chi connectivity index (χ1) is 9.81. The fourth-order valence-corrected chi connectivity index (χ4v) is 2.46. The lowest BCUT2D eigenvalue weighted by atomic mass is 10.1. The number of anilines is 1. The number of nitriles is 1. The van der Waals surface area contributed by atoms with E-state index in [1.807, 2.05) is 11.0 Å². The summed E-state index contributed by atoms with van der Waals surface area (Å²) in [6, 6.07) is 4.92. The number of halogens is 3. The molecule has 0 saturated carbocycles. The number of rotatable bonds is 2. The fourth-order valence-electron chi connectivity index (χ4n) is 2.46. The monoisotopic (exact) mass is 297 g/mol. The first kappa shape index (κ1) is 15.2. The standard InChI is InChI=1S/C14H14F3N3O/c1-9(21)19-12-4-5-20(8-12)13-3-2-11(14(15,16)17)6-10(13)7-18/h2-3,6,12H,4-5,8H2,1H3,(H,19,21). The quantitative estimate of drug-likeness (QED) is 0.911. The van der Waals surface area contributed by atoms with E-state index in [-0.39, 0.29) is 17.5 Å². The van der Waals surface area contributed by atoms with Gasteiger partial charge in [-0.1, -0.05) is 0 Å². The van der Waals surface area contributed by atoms with Crippen LogP contribution in [0.1, 0.15) is 24.5 Å². The summed E-state index contributed by atoms with van der Waals surface area (Å²) >= 11 is 0. The number of hydrogen-bond acceptors (Lipinski definition) is 3. The van der Waals surface area contributed by atoms with E-state index in [0.717, 1.165) is 12.1 Å². The van der Waals surface area contributed by atoms with Gasteiger partial charge in [-0.15, -0.1) is 0 Å². The van der Waals surface area contributed by atoms with Crippen LogP contribution in [-0.2, 0) is 11.0 Å². The Morgan fingerprint density at radius 2 is 2.19 bits per heavy atom. The summed E-state index contributed by atoms with van der Waals surface area (Å²) in [6.45, 7) is 2.49. The highest BCUT2D eigenvalue weighted by atomic mass is 19.4. The molecule has 0 bridgehead atoms. The Bertz CT molecular complexity index is 592. The van der Waals surface area contributed by atoms with Crippen molar-refractivity contribution in [2.45, 2.75) is 25.6 Å². The Morgan fingerprint density at radius 1 is 1.48 bits per heavy atom. The van der Waals surface area contributed by atoms with Crippen LogP contribution in [0.25, 0.3) is 0 Å². The van der Waals surface area contributed by atoms with Gasteiger partial charge in [0.2, 0.25) is 5.91 Å². The minimum Gasteiger partial charge on any atom is -0.368 e. The van der Waals surface area contributed by atoms with Gasteiger partial charge in [0.1, 0.15) is 6.07 Å². The van der Waals surface area contributed by atoms with Crippen molar-refractivity contribution in [3.63, 3.8) is 0 Å². The third-order valence-electron chi connectivity index (χ3n) is 3.38. The van der Waals surface area contributed by atoms with Crippen LogP contribution in [0.3, 0.4) is 0 Å². The minimum absolute atomic E-state index is 0.00620. The fraction of sp³-hybridized carbons (Fsp3) is 0.429. The highest BCUT2D eigenvalue weighted by molar-refractivity contribution is 5.73. The molecule has 1 aromatic rings. The molecule has 0 spiro atoms. The molecule has 2 rings (SSSR count). The second kappa shape index (κ2) is 5.64. The largest absolute Gasteiger partial charge is 0.416 e. The molecular weight excluding hydrogens is 283 g/mol. The maximum Gasteiger partial charge on any atom is 0.416 e. The molecule has 0 aliphatic carbocycles. The molecule has 1 heterocycles. The van der Waals surface area contributed by atoms with E-state index in [1.165, 1.54) is 13.0 Å². The zero-order valence-corrected chi connectivity index (χ0v) is 11.4. The van der Waals surface area contributed by atoms with Crippen molar-refractivity contribution in [3.8, 4) is 6.07 Å². The zero-order valence-electron chi connectivity index (χ0n) is 11.4. The molecule has 112 valence electrons. The van der Waals surface area contributed by atoms with Gasteiger partial charge in [-0.3, -0.25) is 4.79 Å². The molecule has 1 aliphatic rings. The van der Waals surface area contributed by atoms with Gasteiger partial charge in [-0.05, 0) is 24.6 Å². The van der Waals surface area contributed by atoms with Gasteiger partial charge in [0.15, 0.2) is 0 Å². The number of hydrogen-bond donors (Lipinski definition) is 1. The van der Waals surface area contributed by atoms with Crippen LogP contribution in [-0.4, -0.2) is 25.0 Å². The normalized spacial score (nSPS) is 18.4. The van der Waals surface area contributed by atoms with E-state index < -0.39 is 11.7 Å². The molecule has 7 heteroatoms. The Kier molecular flexibility index (Phi) is 4.07. The molecule has 1 aliphatic heterocycles. The second-order valence-corrected chi connectivity index (χ2v) is 4.97. The van der Waals surface area contributed by atoms with Crippen LogP contribution in [0, 0.1) is 11.3 Å². The summed E-state index contributed by atoms with van der Waals surface area (Å²) in [7, 11) is 0. The first-order valence-corrected chi connectivity index (χ1v) is 6.44. The number of carbonyl (C=O) groups is 1. The molecule has 1 amide bonds. The maximum atomic E-state index is 12.6. The lowest BCUT2D eigenvalue weighted by Crippen LogP contribution is -2.35. The predicted molar refractivity (Wildman–Crippen MR) is 70.6 cm³/mol. The van der Waals surface area contributed by atoms with Gasteiger partial charge in [0.25, 0.3) is 0 Å². The number of benzene rings is 1. The molecule has 0 radical (unpaired) electrons. The van der Waals surface area contributed by atoms with Crippen LogP contribution in [0.5, 0.6) is 0 Å². The zero-order chi connectivity index (χ0) is 15.6. The van der Waals surface area contributed by atoms with Crippen molar-refractivity contribution in [3.05, 3.63) is 29.3 Å². The van der Waals surface area contributed by atoms with E-state index in [9.17, 15) is 18.0 Å². The van der Waals surface area contributed by atoms with Crippen LogP contribution >= 0.6 is 0 Å². The van der Waals surface area contributed by atoms with Gasteiger partial charge in [0, 0.05) is 26.1 Å². The third kappa shape index (κ3) is 3.45. The smallest absolute Gasteiger partial charge is 0.368 e. The summed E-state index contributed by atoms with van der Waals surface area (Å²) in [6.07, 6.45) is -3.76.